The molecule has 0 saturated heterocycles. The highest BCUT2D eigenvalue weighted by molar-refractivity contribution is 6.88. The molecule has 0 radical (unpaired) electrons. The molecule has 0 aliphatic carbocycles. The zero-order valence-corrected chi connectivity index (χ0v) is 15.0. The molecule has 20 heavy (non-hydrogen) atoms. The Morgan fingerprint density at radius 3 is 2.35 bits per heavy atom. The molecule has 2 aromatic rings. The number of hydrogen-bond donors (Lipinski definition) is 0. The van der Waals surface area contributed by atoms with Crippen molar-refractivity contribution in [1.29, 1.82) is 0 Å². The second-order valence-corrected chi connectivity index (χ2v) is 12.6. The predicted octanol–water partition coefficient (Wildman–Crippen LogP) is 4.78. The highest BCUT2D eigenvalue weighted by Crippen LogP contribution is 2.33. The van der Waals surface area contributed by atoms with E-state index in [9.17, 15) is 0 Å². The Morgan fingerprint density at radius 2 is 1.80 bits per heavy atom. The maximum atomic E-state index is 4.52. The molecule has 0 bridgehead atoms. The number of aromatic nitrogens is 1. The summed E-state index contributed by atoms with van der Waals surface area (Å²) in [7, 11) is -1.31. The number of nitrogens with zero attached hydrogens (tertiary/aromatic N) is 1. The molecule has 1 heterocycles. The van der Waals surface area contributed by atoms with Crippen molar-refractivity contribution in [3.63, 3.8) is 0 Å². The zero-order chi connectivity index (χ0) is 15.1. The first-order chi connectivity index (χ1) is 9.16. The molecule has 2 rings (SSSR count). The third-order valence-corrected chi connectivity index (χ3v) is 6.55. The summed E-state index contributed by atoms with van der Waals surface area (Å²) in [4.78, 5) is 4.52. The van der Waals surface area contributed by atoms with Gasteiger partial charge in [-0.3, -0.25) is 4.98 Å². The van der Waals surface area contributed by atoms with Crippen molar-refractivity contribution in [2.24, 2.45) is 0 Å². The lowest BCUT2D eigenvalue weighted by Gasteiger charge is -2.29. The summed E-state index contributed by atoms with van der Waals surface area (Å²) in [5.74, 6) is 0. The molecule has 1 aromatic heterocycles. The third kappa shape index (κ3) is 2.66. The number of rotatable bonds is 3. The van der Waals surface area contributed by atoms with Gasteiger partial charge in [0.05, 0.1) is 8.07 Å². The van der Waals surface area contributed by atoms with Gasteiger partial charge in [0.2, 0.25) is 0 Å². The van der Waals surface area contributed by atoms with E-state index in [1.807, 2.05) is 6.20 Å². The zero-order valence-electron chi connectivity index (χ0n) is 14.0. The van der Waals surface area contributed by atoms with E-state index in [1.54, 1.807) is 5.19 Å². The Labute approximate surface area is 124 Å². The molecule has 0 atom stereocenters. The predicted molar refractivity (Wildman–Crippen MR) is 92.8 cm³/mol. The van der Waals surface area contributed by atoms with Crippen molar-refractivity contribution in [3.05, 3.63) is 35.7 Å². The minimum atomic E-state index is -1.31. The molecule has 0 fully saturated rings. The minimum absolute atomic E-state index is 0.196. The van der Waals surface area contributed by atoms with E-state index in [-0.39, 0.29) is 5.41 Å². The van der Waals surface area contributed by atoms with Crippen LogP contribution in [0, 0.1) is 6.92 Å². The fraction of sp³-hybridized carbons (Fsp3) is 0.500. The van der Waals surface area contributed by atoms with Crippen LogP contribution in [-0.4, -0.2) is 13.1 Å². The van der Waals surface area contributed by atoms with Crippen LogP contribution >= 0.6 is 0 Å². The topological polar surface area (TPSA) is 12.9 Å². The lowest BCUT2D eigenvalue weighted by Crippen LogP contribution is -2.38. The number of fused-ring (bicyclic) bond motifs is 1. The van der Waals surface area contributed by atoms with Gasteiger partial charge in [-0.25, -0.2) is 0 Å². The minimum Gasteiger partial charge on any atom is -0.261 e. The highest BCUT2D eigenvalue weighted by atomic mass is 28.3. The van der Waals surface area contributed by atoms with E-state index >= 15 is 0 Å². The second-order valence-electron chi connectivity index (χ2n) is 7.51. The number of aryl methyl sites for hydroxylation is 1. The SMILES string of the molecule is CCC(C)(C)c1cc([Si](C)(C)C)cc2ccnc(C)c12. The molecule has 1 nitrogen and oxygen atoms in total. The van der Waals surface area contributed by atoms with Gasteiger partial charge in [-0.15, -0.1) is 0 Å². The summed E-state index contributed by atoms with van der Waals surface area (Å²) in [6.45, 7) is 16.4. The highest BCUT2D eigenvalue weighted by Gasteiger charge is 2.25. The summed E-state index contributed by atoms with van der Waals surface area (Å²) in [5.41, 5.74) is 2.82. The van der Waals surface area contributed by atoms with Crippen LogP contribution in [0.2, 0.25) is 19.6 Å². The fourth-order valence-electron chi connectivity index (χ4n) is 2.65. The van der Waals surface area contributed by atoms with Crippen LogP contribution in [0.25, 0.3) is 10.8 Å². The first-order valence-corrected chi connectivity index (χ1v) is 11.1. The lowest BCUT2D eigenvalue weighted by atomic mass is 9.79. The van der Waals surface area contributed by atoms with Gasteiger partial charge in [0.1, 0.15) is 0 Å². The van der Waals surface area contributed by atoms with E-state index in [0.717, 1.165) is 12.1 Å². The van der Waals surface area contributed by atoms with Gasteiger partial charge in [-0.2, -0.15) is 0 Å². The summed E-state index contributed by atoms with van der Waals surface area (Å²) in [6.07, 6.45) is 3.08. The van der Waals surface area contributed by atoms with Gasteiger partial charge in [0.25, 0.3) is 0 Å². The molecule has 0 amide bonds. The number of benzene rings is 1. The van der Waals surface area contributed by atoms with Crippen molar-refractivity contribution in [1.82, 2.24) is 4.98 Å². The molecule has 0 aliphatic rings. The van der Waals surface area contributed by atoms with E-state index in [1.165, 1.54) is 16.3 Å². The van der Waals surface area contributed by atoms with E-state index in [4.69, 9.17) is 0 Å². The molecular formula is C18H27NSi. The largest absolute Gasteiger partial charge is 0.261 e. The van der Waals surface area contributed by atoms with Crippen LogP contribution < -0.4 is 5.19 Å². The van der Waals surface area contributed by atoms with E-state index in [0.29, 0.717) is 0 Å². The molecule has 0 saturated carbocycles. The maximum Gasteiger partial charge on any atom is 0.0776 e. The molecule has 1 aromatic carbocycles. The van der Waals surface area contributed by atoms with Gasteiger partial charge in [0.15, 0.2) is 0 Å². The lowest BCUT2D eigenvalue weighted by molar-refractivity contribution is 0.510. The molecule has 0 aliphatic heterocycles. The molecule has 0 spiro atoms. The fourth-order valence-corrected chi connectivity index (χ4v) is 3.82. The Bertz CT molecular complexity index is 636. The van der Waals surface area contributed by atoms with Crippen LogP contribution in [0.4, 0.5) is 0 Å². The third-order valence-electron chi connectivity index (χ3n) is 4.53. The summed E-state index contributed by atoms with van der Waals surface area (Å²) in [6, 6.07) is 7.03. The van der Waals surface area contributed by atoms with Crippen LogP contribution in [0.15, 0.2) is 24.4 Å². The molecule has 108 valence electrons. The number of hydrogen-bond acceptors (Lipinski definition) is 1. The molecular weight excluding hydrogens is 258 g/mol. The van der Waals surface area contributed by atoms with Crippen molar-refractivity contribution < 1.29 is 0 Å². The Morgan fingerprint density at radius 1 is 1.15 bits per heavy atom. The van der Waals surface area contributed by atoms with Gasteiger partial charge in [-0.1, -0.05) is 57.7 Å². The second kappa shape index (κ2) is 4.99. The summed E-state index contributed by atoms with van der Waals surface area (Å²) in [5, 5.41) is 4.27. The van der Waals surface area contributed by atoms with Crippen LogP contribution in [0.3, 0.4) is 0 Å². The summed E-state index contributed by atoms with van der Waals surface area (Å²) < 4.78 is 0. The average Bonchev–Trinajstić information content (AvgIpc) is 2.36. The van der Waals surface area contributed by atoms with Gasteiger partial charge < -0.3 is 0 Å². The molecule has 0 unspecified atom stereocenters. The Hall–Kier alpha value is -1.15. The first kappa shape index (κ1) is 15.2. The van der Waals surface area contributed by atoms with E-state index < -0.39 is 8.07 Å². The van der Waals surface area contributed by atoms with Crippen LogP contribution in [0.5, 0.6) is 0 Å². The Kier molecular flexibility index (Phi) is 3.81. The van der Waals surface area contributed by atoms with Crippen LogP contribution in [-0.2, 0) is 5.41 Å². The van der Waals surface area contributed by atoms with Gasteiger partial charge >= 0.3 is 0 Å². The van der Waals surface area contributed by atoms with Gasteiger partial charge in [-0.05, 0) is 35.8 Å². The standard InChI is InChI=1S/C18H27NSi/c1-8-18(3,4)16-12-15(20(5,6)7)11-14-9-10-19-13(2)17(14)16/h9-12H,8H2,1-7H3. The van der Waals surface area contributed by atoms with Crippen LogP contribution in [0.1, 0.15) is 38.4 Å². The van der Waals surface area contributed by atoms with Crippen molar-refractivity contribution >= 4 is 24.0 Å². The van der Waals surface area contributed by atoms with Gasteiger partial charge in [0, 0.05) is 17.3 Å². The van der Waals surface area contributed by atoms with Crippen molar-refractivity contribution in [2.75, 3.05) is 0 Å². The molecule has 0 N–H and O–H groups in total. The molecule has 2 heteroatoms. The smallest absolute Gasteiger partial charge is 0.0776 e. The quantitative estimate of drug-likeness (QED) is 0.740. The normalized spacial score (nSPS) is 12.9. The van der Waals surface area contributed by atoms with Crippen molar-refractivity contribution in [3.8, 4) is 0 Å². The monoisotopic (exact) mass is 285 g/mol. The average molecular weight is 286 g/mol. The Balaban J connectivity index is 2.88. The first-order valence-electron chi connectivity index (χ1n) is 7.57. The van der Waals surface area contributed by atoms with Crippen molar-refractivity contribution in [2.45, 2.75) is 59.2 Å². The number of pyridine rings is 1. The maximum absolute atomic E-state index is 4.52. The summed E-state index contributed by atoms with van der Waals surface area (Å²) >= 11 is 0. The van der Waals surface area contributed by atoms with E-state index in [2.05, 4.69) is 70.5 Å².